The number of carboxylic acids is 1. The maximum Gasteiger partial charge on any atom is 0.307 e. The third-order valence-corrected chi connectivity index (χ3v) is 4.61. The quantitative estimate of drug-likeness (QED) is 0.667. The first-order valence-electron chi connectivity index (χ1n) is 9.33. The molecule has 148 valence electrons. The summed E-state index contributed by atoms with van der Waals surface area (Å²) in [5.41, 5.74) is 5.29. The van der Waals surface area contributed by atoms with Crippen LogP contribution in [-0.2, 0) is 29.1 Å². The Morgan fingerprint density at radius 3 is 2.59 bits per heavy atom. The Bertz CT molecular complexity index is 1020. The van der Waals surface area contributed by atoms with Gasteiger partial charge in [0.25, 0.3) is 0 Å². The fourth-order valence-corrected chi connectivity index (χ4v) is 3.21. The predicted octanol–water partition coefficient (Wildman–Crippen LogP) is 3.63. The number of pyridine rings is 2. The van der Waals surface area contributed by atoms with Crippen molar-refractivity contribution in [2.24, 2.45) is 0 Å². The van der Waals surface area contributed by atoms with Gasteiger partial charge in [-0.05, 0) is 41.8 Å². The molecule has 3 aromatic rings. The highest BCUT2D eigenvalue weighted by Gasteiger charge is 2.15. The molecule has 0 aliphatic rings. The van der Waals surface area contributed by atoms with E-state index in [0.717, 1.165) is 27.9 Å². The summed E-state index contributed by atoms with van der Waals surface area (Å²) in [5, 5.41) is 9.06. The van der Waals surface area contributed by atoms with Gasteiger partial charge in [-0.25, -0.2) is 0 Å². The Kier molecular flexibility index (Phi) is 6.34. The van der Waals surface area contributed by atoms with Crippen LogP contribution in [0.4, 0.5) is 0 Å². The molecule has 1 amide bonds. The van der Waals surface area contributed by atoms with Crippen LogP contribution in [-0.4, -0.2) is 31.9 Å². The van der Waals surface area contributed by atoms with Gasteiger partial charge in [-0.3, -0.25) is 19.6 Å². The Labute approximate surface area is 169 Å². The molecule has 0 radical (unpaired) electrons. The van der Waals surface area contributed by atoms with Gasteiger partial charge >= 0.3 is 5.97 Å². The average Bonchev–Trinajstić information content (AvgIpc) is 2.68. The summed E-state index contributed by atoms with van der Waals surface area (Å²) in [7, 11) is 0. The molecule has 2 aromatic heterocycles. The zero-order valence-corrected chi connectivity index (χ0v) is 16.5. The number of carbonyl (C=O) groups excluding carboxylic acids is 1. The van der Waals surface area contributed by atoms with E-state index in [9.17, 15) is 9.59 Å². The number of carboxylic acid groups (broad SMARTS) is 1. The van der Waals surface area contributed by atoms with E-state index in [0.29, 0.717) is 18.7 Å². The number of aryl methyl sites for hydroxylation is 1. The first-order chi connectivity index (χ1) is 13.9. The summed E-state index contributed by atoms with van der Waals surface area (Å²) >= 11 is 0. The molecule has 6 heteroatoms. The lowest BCUT2D eigenvalue weighted by Crippen LogP contribution is -2.28. The molecule has 1 aromatic carbocycles. The van der Waals surface area contributed by atoms with Crippen molar-refractivity contribution in [1.29, 1.82) is 0 Å². The maximum atomic E-state index is 12.3. The van der Waals surface area contributed by atoms with Crippen molar-refractivity contribution < 1.29 is 14.7 Å². The lowest BCUT2D eigenvalue weighted by Gasteiger charge is -2.23. The highest BCUT2D eigenvalue weighted by atomic mass is 16.4. The molecule has 1 N–H and O–H groups in total. The minimum Gasteiger partial charge on any atom is -0.481 e. The zero-order chi connectivity index (χ0) is 20.8. The normalized spacial score (nSPS) is 10.6. The van der Waals surface area contributed by atoms with Crippen molar-refractivity contribution in [3.05, 3.63) is 83.4 Å². The van der Waals surface area contributed by atoms with E-state index in [1.165, 1.54) is 0 Å². The number of aliphatic carboxylic acids is 1. The van der Waals surface area contributed by atoms with Crippen LogP contribution < -0.4 is 0 Å². The highest BCUT2D eigenvalue weighted by molar-refractivity contribution is 5.75. The van der Waals surface area contributed by atoms with Gasteiger partial charge < -0.3 is 10.0 Å². The van der Waals surface area contributed by atoms with E-state index in [2.05, 4.69) is 9.97 Å². The molecule has 0 aliphatic heterocycles. The van der Waals surface area contributed by atoms with Crippen molar-refractivity contribution in [3.8, 4) is 11.1 Å². The number of hydrogen-bond acceptors (Lipinski definition) is 4. The van der Waals surface area contributed by atoms with E-state index in [-0.39, 0.29) is 12.3 Å². The van der Waals surface area contributed by atoms with E-state index in [1.54, 1.807) is 30.4 Å². The molecule has 2 heterocycles. The topological polar surface area (TPSA) is 83.4 Å². The number of carbonyl (C=O) groups is 2. The van der Waals surface area contributed by atoms with Gasteiger partial charge in [0.15, 0.2) is 0 Å². The Balaban J connectivity index is 1.94. The molecule has 29 heavy (non-hydrogen) atoms. The van der Waals surface area contributed by atoms with E-state index >= 15 is 0 Å². The van der Waals surface area contributed by atoms with E-state index in [1.807, 2.05) is 49.4 Å². The first-order valence-corrected chi connectivity index (χ1v) is 9.33. The molecule has 6 nitrogen and oxygen atoms in total. The molecule has 0 unspecified atom stereocenters. The number of aromatic nitrogens is 2. The van der Waals surface area contributed by atoms with Crippen LogP contribution in [0.3, 0.4) is 0 Å². The van der Waals surface area contributed by atoms with Crippen LogP contribution in [0.2, 0.25) is 0 Å². The molecule has 0 atom stereocenters. The van der Waals surface area contributed by atoms with Crippen LogP contribution in [0, 0.1) is 6.92 Å². The van der Waals surface area contributed by atoms with E-state index < -0.39 is 5.97 Å². The summed E-state index contributed by atoms with van der Waals surface area (Å²) in [6.07, 6.45) is 4.91. The zero-order valence-electron chi connectivity index (χ0n) is 16.5. The Hall–Kier alpha value is -3.54. The number of rotatable bonds is 7. The van der Waals surface area contributed by atoms with Crippen LogP contribution in [0.5, 0.6) is 0 Å². The summed E-state index contributed by atoms with van der Waals surface area (Å²) in [4.78, 5) is 33.6. The maximum absolute atomic E-state index is 12.3. The van der Waals surface area contributed by atoms with Crippen molar-refractivity contribution in [3.63, 3.8) is 0 Å². The highest BCUT2D eigenvalue weighted by Crippen LogP contribution is 2.27. The summed E-state index contributed by atoms with van der Waals surface area (Å²) < 4.78 is 0. The molecule has 0 spiro atoms. The SMILES string of the molecule is CC(=O)N(Cc1ccccn1)Cc1cc(C)ccc1-c1cncc(CC(=O)O)c1. The predicted molar refractivity (Wildman–Crippen MR) is 110 cm³/mol. The molecule has 0 saturated heterocycles. The largest absolute Gasteiger partial charge is 0.481 e. The molecule has 3 rings (SSSR count). The second-order valence-electron chi connectivity index (χ2n) is 7.01. The fourth-order valence-electron chi connectivity index (χ4n) is 3.21. The molecule has 0 fully saturated rings. The summed E-state index contributed by atoms with van der Waals surface area (Å²) in [6, 6.07) is 13.5. The third kappa shape index (κ3) is 5.48. The number of hydrogen-bond donors (Lipinski definition) is 1. The minimum absolute atomic E-state index is 0.0409. The van der Waals surface area contributed by atoms with Crippen LogP contribution >= 0.6 is 0 Å². The number of amides is 1. The monoisotopic (exact) mass is 389 g/mol. The van der Waals surface area contributed by atoms with Crippen molar-refractivity contribution in [2.75, 3.05) is 0 Å². The van der Waals surface area contributed by atoms with Gasteiger partial charge in [0.2, 0.25) is 5.91 Å². The molecular formula is C23H23N3O3. The molecule has 0 aliphatic carbocycles. The van der Waals surface area contributed by atoms with Crippen LogP contribution in [0.15, 0.2) is 61.1 Å². The smallest absolute Gasteiger partial charge is 0.307 e. The third-order valence-electron chi connectivity index (χ3n) is 4.61. The second kappa shape index (κ2) is 9.10. The van der Waals surface area contributed by atoms with Gasteiger partial charge in [0.1, 0.15) is 0 Å². The summed E-state index contributed by atoms with van der Waals surface area (Å²) in [5.74, 6) is -0.938. The number of benzene rings is 1. The lowest BCUT2D eigenvalue weighted by molar-refractivity contribution is -0.136. The lowest BCUT2D eigenvalue weighted by atomic mass is 9.97. The molecule has 0 saturated carbocycles. The summed E-state index contributed by atoms with van der Waals surface area (Å²) in [6.45, 7) is 4.39. The minimum atomic E-state index is -0.897. The van der Waals surface area contributed by atoms with Gasteiger partial charge in [-0.15, -0.1) is 0 Å². The van der Waals surface area contributed by atoms with Crippen LogP contribution in [0.1, 0.15) is 29.3 Å². The Morgan fingerprint density at radius 2 is 1.90 bits per heavy atom. The first kappa shape index (κ1) is 20.2. The van der Waals surface area contributed by atoms with E-state index in [4.69, 9.17) is 5.11 Å². The van der Waals surface area contributed by atoms with Gasteiger partial charge in [0.05, 0.1) is 18.7 Å². The van der Waals surface area contributed by atoms with Crippen molar-refractivity contribution in [1.82, 2.24) is 14.9 Å². The van der Waals surface area contributed by atoms with Gasteiger partial charge in [0, 0.05) is 37.6 Å². The van der Waals surface area contributed by atoms with Gasteiger partial charge in [-0.2, -0.15) is 0 Å². The molecule has 0 bridgehead atoms. The molecular weight excluding hydrogens is 366 g/mol. The standard InChI is InChI=1S/C23H23N3O3/c1-16-6-7-22(19-10-18(11-23(28)29)12-24-13-19)20(9-16)14-26(17(2)27)15-21-5-3-4-8-25-21/h3-10,12-13H,11,14-15H2,1-2H3,(H,28,29). The fraction of sp³-hybridized carbons (Fsp3) is 0.217. The van der Waals surface area contributed by atoms with Crippen molar-refractivity contribution >= 4 is 11.9 Å². The van der Waals surface area contributed by atoms with Crippen molar-refractivity contribution in [2.45, 2.75) is 33.4 Å². The number of nitrogens with zero attached hydrogens (tertiary/aromatic N) is 3. The second-order valence-corrected chi connectivity index (χ2v) is 7.01. The van der Waals surface area contributed by atoms with Crippen LogP contribution in [0.25, 0.3) is 11.1 Å². The average molecular weight is 389 g/mol. The van der Waals surface area contributed by atoms with Gasteiger partial charge in [-0.1, -0.05) is 29.8 Å². The Morgan fingerprint density at radius 1 is 1.07 bits per heavy atom.